The Morgan fingerprint density at radius 1 is 1.30 bits per heavy atom. The number of aromatic amines is 1. The fraction of sp³-hybridized carbons (Fsp3) is 0.500. The van der Waals surface area contributed by atoms with Gasteiger partial charge in [-0.3, -0.25) is 4.90 Å². The Balaban J connectivity index is 1.85. The SMILES string of the molecule is CCC1(C)OC(=O)N(CCc2c(C)[nH]c3ccccc23)C1(C)O. The van der Waals surface area contributed by atoms with Gasteiger partial charge in [-0.25, -0.2) is 4.79 Å². The van der Waals surface area contributed by atoms with Gasteiger partial charge in [0.2, 0.25) is 0 Å². The lowest BCUT2D eigenvalue weighted by atomic mass is 9.90. The van der Waals surface area contributed by atoms with Crippen LogP contribution in [0.15, 0.2) is 24.3 Å². The van der Waals surface area contributed by atoms with E-state index in [2.05, 4.69) is 11.1 Å². The highest BCUT2D eigenvalue weighted by Crippen LogP contribution is 2.39. The number of carbonyl (C=O) groups excluding carboxylic acids is 1. The molecule has 1 aliphatic rings. The van der Waals surface area contributed by atoms with Crippen molar-refractivity contribution in [3.8, 4) is 0 Å². The van der Waals surface area contributed by atoms with Crippen LogP contribution in [0.2, 0.25) is 0 Å². The number of para-hydroxylation sites is 1. The van der Waals surface area contributed by atoms with Crippen molar-refractivity contribution in [2.75, 3.05) is 6.54 Å². The molecule has 5 nitrogen and oxygen atoms in total. The number of aliphatic hydroxyl groups is 1. The van der Waals surface area contributed by atoms with Crippen LogP contribution in [0.3, 0.4) is 0 Å². The minimum Gasteiger partial charge on any atom is -0.438 e. The molecular weight excluding hydrogens is 292 g/mol. The largest absolute Gasteiger partial charge is 0.438 e. The summed E-state index contributed by atoms with van der Waals surface area (Å²) in [5, 5.41) is 12.0. The number of aryl methyl sites for hydroxylation is 1. The molecule has 5 heteroatoms. The zero-order valence-electron chi connectivity index (χ0n) is 14.1. The first-order chi connectivity index (χ1) is 10.8. The first-order valence-corrected chi connectivity index (χ1v) is 8.09. The van der Waals surface area contributed by atoms with Crippen LogP contribution in [0, 0.1) is 6.92 Å². The van der Waals surface area contributed by atoms with Gasteiger partial charge in [0.25, 0.3) is 0 Å². The summed E-state index contributed by atoms with van der Waals surface area (Å²) >= 11 is 0. The van der Waals surface area contributed by atoms with Gasteiger partial charge in [0.1, 0.15) is 0 Å². The van der Waals surface area contributed by atoms with Gasteiger partial charge in [-0.05, 0) is 45.2 Å². The number of benzene rings is 1. The number of amides is 1. The second kappa shape index (κ2) is 5.27. The molecule has 124 valence electrons. The molecule has 1 amide bonds. The smallest absolute Gasteiger partial charge is 0.412 e. The average molecular weight is 316 g/mol. The second-order valence-corrected chi connectivity index (χ2v) is 6.65. The van der Waals surface area contributed by atoms with Crippen LogP contribution >= 0.6 is 0 Å². The van der Waals surface area contributed by atoms with Crippen molar-refractivity contribution in [1.29, 1.82) is 0 Å². The Morgan fingerprint density at radius 2 is 2.00 bits per heavy atom. The van der Waals surface area contributed by atoms with Crippen LogP contribution < -0.4 is 0 Å². The number of cyclic esters (lactones) is 1. The molecule has 1 fully saturated rings. The first kappa shape index (κ1) is 15.9. The summed E-state index contributed by atoms with van der Waals surface area (Å²) in [6, 6.07) is 8.12. The lowest BCUT2D eigenvalue weighted by Gasteiger charge is -2.36. The molecule has 2 atom stereocenters. The van der Waals surface area contributed by atoms with E-state index in [0.717, 1.165) is 16.6 Å². The number of aromatic nitrogens is 1. The van der Waals surface area contributed by atoms with Gasteiger partial charge in [-0.2, -0.15) is 0 Å². The van der Waals surface area contributed by atoms with Crippen LogP contribution in [0.5, 0.6) is 0 Å². The molecule has 2 aromatic rings. The van der Waals surface area contributed by atoms with E-state index < -0.39 is 17.4 Å². The summed E-state index contributed by atoms with van der Waals surface area (Å²) in [5.41, 5.74) is 1.18. The highest BCUT2D eigenvalue weighted by Gasteiger charge is 2.58. The van der Waals surface area contributed by atoms with E-state index in [4.69, 9.17) is 4.74 Å². The predicted octanol–water partition coefficient (Wildman–Crippen LogP) is 3.35. The zero-order valence-corrected chi connectivity index (χ0v) is 14.1. The standard InChI is InChI=1S/C18H24N2O3/c1-5-17(3)18(4,22)20(16(21)23-17)11-10-13-12(2)19-15-9-7-6-8-14(13)15/h6-9,19,22H,5,10-11H2,1-4H3. The maximum atomic E-state index is 12.2. The number of nitrogens with one attached hydrogen (secondary N) is 1. The van der Waals surface area contributed by atoms with Crippen molar-refractivity contribution in [2.24, 2.45) is 0 Å². The number of nitrogens with zero attached hydrogens (tertiary/aromatic N) is 1. The average Bonchev–Trinajstić information content (AvgIpc) is 2.90. The Kier molecular flexibility index (Phi) is 3.64. The van der Waals surface area contributed by atoms with E-state index >= 15 is 0 Å². The normalized spacial score (nSPS) is 27.7. The predicted molar refractivity (Wildman–Crippen MR) is 89.2 cm³/mol. The van der Waals surface area contributed by atoms with Gasteiger partial charge in [-0.1, -0.05) is 25.1 Å². The van der Waals surface area contributed by atoms with Crippen LogP contribution in [0.4, 0.5) is 4.79 Å². The van der Waals surface area contributed by atoms with E-state index in [1.165, 1.54) is 10.5 Å². The zero-order chi connectivity index (χ0) is 16.8. The second-order valence-electron chi connectivity index (χ2n) is 6.65. The van der Waals surface area contributed by atoms with Crippen molar-refractivity contribution in [3.05, 3.63) is 35.5 Å². The van der Waals surface area contributed by atoms with E-state index in [1.807, 2.05) is 32.0 Å². The number of fused-ring (bicyclic) bond motifs is 1. The van der Waals surface area contributed by atoms with Crippen LogP contribution in [-0.2, 0) is 11.2 Å². The summed E-state index contributed by atoms with van der Waals surface area (Å²) in [6.07, 6.45) is 0.784. The molecule has 1 saturated heterocycles. The van der Waals surface area contributed by atoms with Gasteiger partial charge in [0, 0.05) is 23.1 Å². The lowest BCUT2D eigenvalue weighted by molar-refractivity contribution is -0.137. The topological polar surface area (TPSA) is 65.6 Å². The molecule has 23 heavy (non-hydrogen) atoms. The highest BCUT2D eigenvalue weighted by molar-refractivity contribution is 5.84. The Labute approximate surface area is 136 Å². The molecule has 1 aliphatic heterocycles. The van der Waals surface area contributed by atoms with Gasteiger partial charge >= 0.3 is 6.09 Å². The van der Waals surface area contributed by atoms with E-state index in [-0.39, 0.29) is 0 Å². The number of ether oxygens (including phenoxy) is 1. The molecule has 2 heterocycles. The maximum absolute atomic E-state index is 12.2. The van der Waals surface area contributed by atoms with E-state index in [9.17, 15) is 9.90 Å². The summed E-state index contributed by atoms with van der Waals surface area (Å²) < 4.78 is 5.44. The first-order valence-electron chi connectivity index (χ1n) is 8.09. The Morgan fingerprint density at radius 3 is 2.65 bits per heavy atom. The van der Waals surface area contributed by atoms with Gasteiger partial charge in [0.15, 0.2) is 11.3 Å². The number of hydrogen-bond acceptors (Lipinski definition) is 3. The van der Waals surface area contributed by atoms with Crippen molar-refractivity contribution < 1.29 is 14.6 Å². The van der Waals surface area contributed by atoms with Crippen LogP contribution in [-0.4, -0.2) is 39.0 Å². The maximum Gasteiger partial charge on any atom is 0.412 e. The number of hydrogen-bond donors (Lipinski definition) is 2. The molecule has 1 aromatic carbocycles. The number of H-pyrrole nitrogens is 1. The third-order valence-electron chi connectivity index (χ3n) is 5.35. The molecular formula is C18H24N2O3. The monoisotopic (exact) mass is 316 g/mol. The highest BCUT2D eigenvalue weighted by atomic mass is 16.6. The summed E-state index contributed by atoms with van der Waals surface area (Å²) in [6.45, 7) is 7.80. The summed E-state index contributed by atoms with van der Waals surface area (Å²) in [7, 11) is 0. The Hall–Kier alpha value is -2.01. The summed E-state index contributed by atoms with van der Waals surface area (Å²) in [5.74, 6) is 0. The van der Waals surface area contributed by atoms with Crippen LogP contribution in [0.25, 0.3) is 10.9 Å². The summed E-state index contributed by atoms with van der Waals surface area (Å²) in [4.78, 5) is 17.0. The third-order valence-corrected chi connectivity index (χ3v) is 5.35. The van der Waals surface area contributed by atoms with E-state index in [0.29, 0.717) is 19.4 Å². The van der Waals surface area contributed by atoms with Crippen molar-refractivity contribution in [1.82, 2.24) is 9.88 Å². The van der Waals surface area contributed by atoms with Crippen molar-refractivity contribution in [3.63, 3.8) is 0 Å². The quantitative estimate of drug-likeness (QED) is 0.909. The minimum atomic E-state index is -1.31. The van der Waals surface area contributed by atoms with Gasteiger partial charge < -0.3 is 14.8 Å². The fourth-order valence-electron chi connectivity index (χ4n) is 3.40. The lowest BCUT2D eigenvalue weighted by Crippen LogP contribution is -2.55. The van der Waals surface area contributed by atoms with Crippen molar-refractivity contribution in [2.45, 2.75) is 51.9 Å². The molecule has 3 rings (SSSR count). The van der Waals surface area contributed by atoms with Gasteiger partial charge in [0.05, 0.1) is 0 Å². The molecule has 0 aliphatic carbocycles. The minimum absolute atomic E-state index is 0.421. The fourth-order valence-corrected chi connectivity index (χ4v) is 3.40. The number of rotatable bonds is 4. The molecule has 2 unspecified atom stereocenters. The molecule has 0 saturated carbocycles. The molecule has 0 spiro atoms. The van der Waals surface area contributed by atoms with E-state index in [1.54, 1.807) is 13.8 Å². The Bertz CT molecular complexity index is 750. The number of carbonyl (C=O) groups is 1. The molecule has 1 aromatic heterocycles. The molecule has 2 N–H and O–H groups in total. The van der Waals surface area contributed by atoms with Crippen LogP contribution in [0.1, 0.15) is 38.4 Å². The molecule has 0 radical (unpaired) electrons. The van der Waals surface area contributed by atoms with Gasteiger partial charge in [-0.15, -0.1) is 0 Å². The third kappa shape index (κ3) is 2.30. The van der Waals surface area contributed by atoms with Crippen molar-refractivity contribution >= 4 is 17.0 Å². The molecule has 0 bridgehead atoms.